The molecular formula is C22H18N2O2S2. The number of nitrogens with one attached hydrogen (secondary N) is 1. The first kappa shape index (κ1) is 18.5. The highest BCUT2D eigenvalue weighted by atomic mass is 32.2. The zero-order valence-corrected chi connectivity index (χ0v) is 16.6. The molecule has 0 aliphatic rings. The molecule has 0 saturated carbocycles. The summed E-state index contributed by atoms with van der Waals surface area (Å²) in [6.45, 7) is 0. The van der Waals surface area contributed by atoms with Gasteiger partial charge >= 0.3 is 0 Å². The monoisotopic (exact) mass is 406 g/mol. The fraction of sp³-hybridized carbons (Fsp3) is 0.0909. The Morgan fingerprint density at radius 1 is 0.964 bits per heavy atom. The van der Waals surface area contributed by atoms with Crippen LogP contribution in [0.25, 0.3) is 10.2 Å². The van der Waals surface area contributed by atoms with Crippen LogP contribution in [0.3, 0.4) is 0 Å². The van der Waals surface area contributed by atoms with E-state index in [0.717, 1.165) is 22.0 Å². The van der Waals surface area contributed by atoms with Gasteiger partial charge in [0, 0.05) is 5.75 Å². The quantitative estimate of drug-likeness (QED) is 0.411. The molecule has 4 aromatic rings. The van der Waals surface area contributed by atoms with Gasteiger partial charge in [0.15, 0.2) is 5.75 Å². The number of benzene rings is 3. The molecule has 1 heterocycles. The molecule has 1 aromatic heterocycles. The van der Waals surface area contributed by atoms with Crippen molar-refractivity contribution in [3.8, 4) is 11.5 Å². The summed E-state index contributed by atoms with van der Waals surface area (Å²) in [5.74, 6) is 2.37. The summed E-state index contributed by atoms with van der Waals surface area (Å²) in [5.41, 5.74) is 1.68. The predicted molar refractivity (Wildman–Crippen MR) is 117 cm³/mol. The zero-order valence-electron chi connectivity index (χ0n) is 15.0. The van der Waals surface area contributed by atoms with Crippen LogP contribution in [0.4, 0.5) is 5.69 Å². The molecule has 6 heteroatoms. The Balaban J connectivity index is 1.33. The normalized spacial score (nSPS) is 10.7. The van der Waals surface area contributed by atoms with Crippen LogP contribution in [0.5, 0.6) is 11.5 Å². The van der Waals surface area contributed by atoms with E-state index in [4.69, 9.17) is 4.74 Å². The van der Waals surface area contributed by atoms with Crippen LogP contribution in [0.15, 0.2) is 78.9 Å². The number of anilines is 1. The van der Waals surface area contributed by atoms with Crippen LogP contribution >= 0.6 is 23.1 Å². The Morgan fingerprint density at radius 3 is 2.57 bits per heavy atom. The van der Waals surface area contributed by atoms with Crippen LogP contribution in [-0.4, -0.2) is 16.6 Å². The van der Waals surface area contributed by atoms with Crippen molar-refractivity contribution in [2.45, 2.75) is 5.75 Å². The van der Waals surface area contributed by atoms with E-state index in [1.807, 2.05) is 72.8 Å². The van der Waals surface area contributed by atoms with Crippen LogP contribution in [0, 0.1) is 0 Å². The summed E-state index contributed by atoms with van der Waals surface area (Å²) in [6, 6.07) is 25.0. The number of thioether (sulfide) groups is 1. The molecule has 3 aromatic carbocycles. The van der Waals surface area contributed by atoms with Crippen LogP contribution in [0.1, 0.15) is 5.01 Å². The van der Waals surface area contributed by atoms with Crippen LogP contribution in [0.2, 0.25) is 0 Å². The van der Waals surface area contributed by atoms with Crippen molar-refractivity contribution in [1.82, 2.24) is 4.98 Å². The lowest BCUT2D eigenvalue weighted by Crippen LogP contribution is -2.14. The second kappa shape index (κ2) is 8.91. The maximum absolute atomic E-state index is 12.4. The van der Waals surface area contributed by atoms with E-state index in [2.05, 4.69) is 16.4 Å². The Kier molecular flexibility index (Phi) is 5.89. The highest BCUT2D eigenvalue weighted by Gasteiger charge is 2.10. The van der Waals surface area contributed by atoms with Gasteiger partial charge in [-0.1, -0.05) is 42.5 Å². The number of carbonyl (C=O) groups excluding carboxylic acids is 1. The minimum Gasteiger partial charge on any atom is -0.455 e. The van der Waals surface area contributed by atoms with Gasteiger partial charge in [-0.3, -0.25) is 4.79 Å². The van der Waals surface area contributed by atoms with E-state index in [1.165, 1.54) is 4.70 Å². The summed E-state index contributed by atoms with van der Waals surface area (Å²) < 4.78 is 7.06. The summed E-state index contributed by atoms with van der Waals surface area (Å²) in [7, 11) is 0. The smallest absolute Gasteiger partial charge is 0.234 e. The molecular weight excluding hydrogens is 388 g/mol. The van der Waals surface area contributed by atoms with Gasteiger partial charge in [-0.15, -0.1) is 23.1 Å². The Morgan fingerprint density at radius 2 is 1.71 bits per heavy atom. The van der Waals surface area contributed by atoms with Gasteiger partial charge in [0.2, 0.25) is 5.91 Å². The highest BCUT2D eigenvalue weighted by Crippen LogP contribution is 2.29. The minimum atomic E-state index is -0.0600. The molecule has 0 aliphatic carbocycles. The van der Waals surface area contributed by atoms with Crippen molar-refractivity contribution in [1.29, 1.82) is 0 Å². The van der Waals surface area contributed by atoms with E-state index < -0.39 is 0 Å². The van der Waals surface area contributed by atoms with Gasteiger partial charge in [-0.05, 0) is 36.4 Å². The third kappa shape index (κ3) is 4.71. The topological polar surface area (TPSA) is 51.2 Å². The number of hydrogen-bond donors (Lipinski definition) is 1. The van der Waals surface area contributed by atoms with Crippen molar-refractivity contribution in [3.05, 3.63) is 83.9 Å². The van der Waals surface area contributed by atoms with Crippen LogP contribution < -0.4 is 10.1 Å². The molecule has 0 saturated heterocycles. The number of hydrogen-bond acceptors (Lipinski definition) is 5. The van der Waals surface area contributed by atoms with Gasteiger partial charge in [-0.2, -0.15) is 0 Å². The fourth-order valence-corrected chi connectivity index (χ4v) is 4.52. The van der Waals surface area contributed by atoms with Gasteiger partial charge in [0.25, 0.3) is 0 Å². The molecule has 0 spiro atoms. The number of carbonyl (C=O) groups is 1. The number of para-hydroxylation sites is 4. The zero-order chi connectivity index (χ0) is 19.2. The second-order valence-corrected chi connectivity index (χ2v) is 8.13. The first-order valence-corrected chi connectivity index (χ1v) is 10.8. The average Bonchev–Trinajstić information content (AvgIpc) is 3.13. The Bertz CT molecular complexity index is 1050. The molecule has 0 fully saturated rings. The third-order valence-corrected chi connectivity index (χ3v) is 6.09. The molecule has 0 radical (unpaired) electrons. The second-order valence-electron chi connectivity index (χ2n) is 6.03. The largest absolute Gasteiger partial charge is 0.455 e. The molecule has 4 rings (SSSR count). The van der Waals surface area contributed by atoms with Crippen LogP contribution in [-0.2, 0) is 10.5 Å². The number of ether oxygens (including phenoxy) is 1. The van der Waals surface area contributed by atoms with E-state index in [-0.39, 0.29) is 5.91 Å². The summed E-state index contributed by atoms with van der Waals surface area (Å²) in [6.07, 6.45) is 0. The molecule has 140 valence electrons. The first-order chi connectivity index (χ1) is 13.8. The lowest BCUT2D eigenvalue weighted by molar-refractivity contribution is -0.113. The molecule has 4 nitrogen and oxygen atoms in total. The lowest BCUT2D eigenvalue weighted by Gasteiger charge is -2.12. The van der Waals surface area contributed by atoms with Crippen molar-refractivity contribution in [2.24, 2.45) is 0 Å². The molecule has 0 aliphatic heterocycles. The average molecular weight is 407 g/mol. The van der Waals surface area contributed by atoms with Gasteiger partial charge in [0.05, 0.1) is 21.7 Å². The number of fused-ring (bicyclic) bond motifs is 1. The number of aromatic nitrogens is 1. The van der Waals surface area contributed by atoms with Gasteiger partial charge < -0.3 is 10.1 Å². The summed E-state index contributed by atoms with van der Waals surface area (Å²) >= 11 is 3.23. The maximum atomic E-state index is 12.4. The molecule has 0 atom stereocenters. The number of amides is 1. The summed E-state index contributed by atoms with van der Waals surface area (Å²) in [5, 5.41) is 3.98. The fourth-order valence-electron chi connectivity index (χ4n) is 2.67. The van der Waals surface area contributed by atoms with Crippen molar-refractivity contribution < 1.29 is 9.53 Å². The number of rotatable bonds is 7. The molecule has 0 unspecified atom stereocenters. The Hall–Kier alpha value is -2.83. The Labute approximate surface area is 171 Å². The van der Waals surface area contributed by atoms with E-state index in [1.54, 1.807) is 23.1 Å². The van der Waals surface area contributed by atoms with E-state index >= 15 is 0 Å². The summed E-state index contributed by atoms with van der Waals surface area (Å²) in [4.78, 5) is 17.0. The molecule has 1 amide bonds. The molecule has 0 bridgehead atoms. The molecule has 28 heavy (non-hydrogen) atoms. The number of nitrogens with zero attached hydrogens (tertiary/aromatic N) is 1. The number of thiazole rings is 1. The van der Waals surface area contributed by atoms with Gasteiger partial charge in [-0.25, -0.2) is 4.98 Å². The first-order valence-electron chi connectivity index (χ1n) is 8.82. The van der Waals surface area contributed by atoms with E-state index in [0.29, 0.717) is 17.2 Å². The third-order valence-electron chi connectivity index (χ3n) is 3.93. The SMILES string of the molecule is O=C(CSCc1nc2ccccc2s1)Nc1ccccc1Oc1ccccc1. The van der Waals surface area contributed by atoms with Gasteiger partial charge in [0.1, 0.15) is 10.8 Å². The van der Waals surface area contributed by atoms with Crippen molar-refractivity contribution >= 4 is 44.9 Å². The lowest BCUT2D eigenvalue weighted by atomic mass is 10.3. The predicted octanol–water partition coefficient (Wildman–Crippen LogP) is 5.96. The van der Waals surface area contributed by atoms with Crippen molar-refractivity contribution in [2.75, 3.05) is 11.1 Å². The molecule has 1 N–H and O–H groups in total. The standard InChI is InChI=1S/C22H18N2O2S2/c25-21(14-27-15-22-24-18-11-5-7-13-20(18)28-22)23-17-10-4-6-12-19(17)26-16-8-2-1-3-9-16/h1-13H,14-15H2,(H,23,25). The van der Waals surface area contributed by atoms with Crippen molar-refractivity contribution in [3.63, 3.8) is 0 Å². The minimum absolute atomic E-state index is 0.0600. The maximum Gasteiger partial charge on any atom is 0.234 e. The highest BCUT2D eigenvalue weighted by molar-refractivity contribution is 7.99. The van der Waals surface area contributed by atoms with E-state index in [9.17, 15) is 4.79 Å².